The van der Waals surface area contributed by atoms with Crippen LogP contribution in [0.25, 0.3) is 0 Å². The Bertz CT molecular complexity index is 740. The average Bonchev–Trinajstić information content (AvgIpc) is 3.35. The van der Waals surface area contributed by atoms with Crippen LogP contribution in [0.2, 0.25) is 0 Å². The highest BCUT2D eigenvalue weighted by molar-refractivity contribution is 5.82. The fraction of sp³-hybridized carbons (Fsp3) is 0.263. The number of halogens is 1. The molecule has 0 radical (unpaired) electrons. The highest BCUT2D eigenvalue weighted by Gasteiger charge is 2.43. The topological polar surface area (TPSA) is 66.4 Å². The summed E-state index contributed by atoms with van der Waals surface area (Å²) in [5, 5.41) is 11.6. The van der Waals surface area contributed by atoms with Crippen molar-refractivity contribution in [2.75, 3.05) is 0 Å². The summed E-state index contributed by atoms with van der Waals surface area (Å²) in [4.78, 5) is 22.8. The Hall–Kier alpha value is -2.69. The molecule has 0 heterocycles. The van der Waals surface area contributed by atoms with Gasteiger partial charge < -0.3 is 10.4 Å². The summed E-state index contributed by atoms with van der Waals surface area (Å²) in [6.07, 6.45) is 0.781. The Morgan fingerprint density at radius 3 is 2.29 bits per heavy atom. The van der Waals surface area contributed by atoms with Crippen molar-refractivity contribution in [1.29, 1.82) is 0 Å². The molecule has 2 aromatic carbocycles. The smallest absolute Gasteiger partial charge is 0.307 e. The van der Waals surface area contributed by atoms with E-state index in [9.17, 15) is 14.0 Å². The average molecular weight is 327 g/mol. The van der Waals surface area contributed by atoms with Crippen molar-refractivity contribution in [2.45, 2.75) is 25.3 Å². The van der Waals surface area contributed by atoms with Gasteiger partial charge in [-0.1, -0.05) is 36.4 Å². The number of hydrogen-bond donors (Lipinski definition) is 2. The number of benzene rings is 2. The van der Waals surface area contributed by atoms with E-state index >= 15 is 0 Å². The molecule has 0 aromatic heterocycles. The summed E-state index contributed by atoms with van der Waals surface area (Å²) >= 11 is 0. The van der Waals surface area contributed by atoms with Crippen LogP contribution >= 0.6 is 0 Å². The molecular weight excluding hydrogens is 309 g/mol. The number of carboxylic acids is 1. The first-order chi connectivity index (χ1) is 11.5. The third kappa shape index (κ3) is 3.98. The van der Waals surface area contributed by atoms with E-state index in [1.54, 1.807) is 24.3 Å². The lowest BCUT2D eigenvalue weighted by atomic mass is 10.1. The van der Waals surface area contributed by atoms with E-state index in [2.05, 4.69) is 5.32 Å². The number of hydrogen-bond acceptors (Lipinski definition) is 2. The Kier molecular flexibility index (Phi) is 4.60. The SMILES string of the molecule is O=C(O)Cc1ccc(CNC(=O)C2CC2c2ccc(F)cc2)cc1. The molecule has 0 saturated heterocycles. The third-order valence-electron chi connectivity index (χ3n) is 4.27. The van der Waals surface area contributed by atoms with Gasteiger partial charge in [0.2, 0.25) is 5.91 Å². The molecule has 1 aliphatic rings. The molecule has 2 atom stereocenters. The van der Waals surface area contributed by atoms with Gasteiger partial charge in [-0.15, -0.1) is 0 Å². The maximum Gasteiger partial charge on any atom is 0.307 e. The summed E-state index contributed by atoms with van der Waals surface area (Å²) in [7, 11) is 0. The van der Waals surface area contributed by atoms with Gasteiger partial charge in [-0.3, -0.25) is 9.59 Å². The number of nitrogens with one attached hydrogen (secondary N) is 1. The minimum Gasteiger partial charge on any atom is -0.481 e. The second-order valence-corrected chi connectivity index (χ2v) is 6.11. The number of rotatable bonds is 6. The Labute approximate surface area is 139 Å². The van der Waals surface area contributed by atoms with E-state index in [1.165, 1.54) is 12.1 Å². The largest absolute Gasteiger partial charge is 0.481 e. The standard InChI is InChI=1S/C19H18FNO3/c20-15-7-5-14(6-8-15)16-10-17(16)19(24)21-11-13-3-1-12(2-4-13)9-18(22)23/h1-8,16-17H,9-11H2,(H,21,24)(H,22,23). The Morgan fingerprint density at radius 1 is 1.04 bits per heavy atom. The Morgan fingerprint density at radius 2 is 1.67 bits per heavy atom. The first-order valence-electron chi connectivity index (χ1n) is 7.85. The second kappa shape index (κ2) is 6.83. The Balaban J connectivity index is 1.49. The predicted octanol–water partition coefficient (Wildman–Crippen LogP) is 2.87. The first kappa shape index (κ1) is 16.2. The molecule has 24 heavy (non-hydrogen) atoms. The lowest BCUT2D eigenvalue weighted by molar-refractivity contribution is -0.136. The fourth-order valence-corrected chi connectivity index (χ4v) is 2.83. The van der Waals surface area contributed by atoms with Crippen LogP contribution in [0.15, 0.2) is 48.5 Å². The molecule has 1 amide bonds. The molecule has 1 fully saturated rings. The molecule has 3 rings (SSSR count). The van der Waals surface area contributed by atoms with Crippen molar-refractivity contribution >= 4 is 11.9 Å². The zero-order chi connectivity index (χ0) is 17.1. The van der Waals surface area contributed by atoms with Gasteiger partial charge in [-0.2, -0.15) is 0 Å². The van der Waals surface area contributed by atoms with Crippen molar-refractivity contribution < 1.29 is 19.1 Å². The molecule has 1 saturated carbocycles. The van der Waals surface area contributed by atoms with E-state index in [1.807, 2.05) is 12.1 Å². The van der Waals surface area contributed by atoms with Crippen molar-refractivity contribution in [3.8, 4) is 0 Å². The van der Waals surface area contributed by atoms with E-state index in [4.69, 9.17) is 5.11 Å². The predicted molar refractivity (Wildman–Crippen MR) is 86.9 cm³/mol. The van der Waals surface area contributed by atoms with Crippen LogP contribution in [0.5, 0.6) is 0 Å². The van der Waals surface area contributed by atoms with Gasteiger partial charge in [0.15, 0.2) is 0 Å². The van der Waals surface area contributed by atoms with Crippen LogP contribution in [0.3, 0.4) is 0 Å². The minimum absolute atomic E-state index is 0.000984. The molecule has 0 aliphatic heterocycles. The lowest BCUT2D eigenvalue weighted by Crippen LogP contribution is -2.24. The van der Waals surface area contributed by atoms with Crippen molar-refractivity contribution in [2.24, 2.45) is 5.92 Å². The molecule has 0 spiro atoms. The fourth-order valence-electron chi connectivity index (χ4n) is 2.83. The number of amides is 1. The van der Waals surface area contributed by atoms with Crippen LogP contribution in [-0.4, -0.2) is 17.0 Å². The summed E-state index contributed by atoms with van der Waals surface area (Å²) in [6.45, 7) is 0.415. The molecule has 2 N–H and O–H groups in total. The summed E-state index contributed by atoms with van der Waals surface area (Å²) in [5.74, 6) is -1.02. The van der Waals surface area contributed by atoms with E-state index < -0.39 is 5.97 Å². The third-order valence-corrected chi connectivity index (χ3v) is 4.27. The van der Waals surface area contributed by atoms with E-state index in [0.29, 0.717) is 6.54 Å². The summed E-state index contributed by atoms with van der Waals surface area (Å²) < 4.78 is 12.9. The monoisotopic (exact) mass is 327 g/mol. The highest BCUT2D eigenvalue weighted by atomic mass is 19.1. The van der Waals surface area contributed by atoms with Crippen LogP contribution in [-0.2, 0) is 22.6 Å². The normalized spacial score (nSPS) is 18.9. The van der Waals surface area contributed by atoms with E-state index in [-0.39, 0.29) is 30.0 Å². The maximum absolute atomic E-state index is 12.9. The molecule has 0 bridgehead atoms. The maximum atomic E-state index is 12.9. The van der Waals surface area contributed by atoms with E-state index in [0.717, 1.165) is 23.1 Å². The quantitative estimate of drug-likeness (QED) is 0.857. The highest BCUT2D eigenvalue weighted by Crippen LogP contribution is 2.47. The molecule has 5 heteroatoms. The molecule has 1 aliphatic carbocycles. The molecular formula is C19H18FNO3. The number of carbonyl (C=O) groups is 2. The van der Waals surface area contributed by atoms with Crippen molar-refractivity contribution in [3.63, 3.8) is 0 Å². The van der Waals surface area contributed by atoms with Gasteiger partial charge in [0, 0.05) is 12.5 Å². The van der Waals surface area contributed by atoms with Crippen molar-refractivity contribution in [1.82, 2.24) is 5.32 Å². The van der Waals surface area contributed by atoms with Gasteiger partial charge >= 0.3 is 5.97 Å². The van der Waals surface area contributed by atoms with Gasteiger partial charge in [0.05, 0.1) is 6.42 Å². The molecule has 2 unspecified atom stereocenters. The minimum atomic E-state index is -0.864. The van der Waals surface area contributed by atoms with Crippen molar-refractivity contribution in [3.05, 3.63) is 71.0 Å². The summed E-state index contributed by atoms with van der Waals surface area (Å²) in [5.41, 5.74) is 2.65. The van der Waals surface area contributed by atoms with Crippen LogP contribution in [0.4, 0.5) is 4.39 Å². The molecule has 124 valence electrons. The van der Waals surface area contributed by atoms with Gasteiger partial charge in [-0.05, 0) is 41.2 Å². The first-order valence-corrected chi connectivity index (χ1v) is 7.85. The number of aliphatic carboxylic acids is 1. The van der Waals surface area contributed by atoms with Crippen LogP contribution in [0.1, 0.15) is 29.0 Å². The zero-order valence-electron chi connectivity index (χ0n) is 13.0. The lowest BCUT2D eigenvalue weighted by Gasteiger charge is -2.06. The van der Waals surface area contributed by atoms with Crippen LogP contribution in [0, 0.1) is 11.7 Å². The number of carboxylic acid groups (broad SMARTS) is 1. The van der Waals surface area contributed by atoms with Gasteiger partial charge in [0.1, 0.15) is 5.82 Å². The summed E-state index contributed by atoms with van der Waals surface area (Å²) in [6, 6.07) is 13.5. The molecule has 4 nitrogen and oxygen atoms in total. The van der Waals surface area contributed by atoms with Crippen LogP contribution < -0.4 is 5.32 Å². The van der Waals surface area contributed by atoms with Gasteiger partial charge in [-0.25, -0.2) is 4.39 Å². The second-order valence-electron chi connectivity index (χ2n) is 6.11. The van der Waals surface area contributed by atoms with Gasteiger partial charge in [0.25, 0.3) is 0 Å². The molecule has 2 aromatic rings. The number of carbonyl (C=O) groups excluding carboxylic acids is 1. The zero-order valence-corrected chi connectivity index (χ0v) is 13.0.